The van der Waals surface area contributed by atoms with Crippen molar-refractivity contribution in [1.82, 2.24) is 20.2 Å². The number of nitrogens with zero attached hydrogens (tertiary/aromatic N) is 4. The van der Waals surface area contributed by atoms with Gasteiger partial charge >= 0.3 is 6.03 Å². The largest absolute Gasteiger partial charge is 0.341 e. The minimum atomic E-state index is 0.102. The van der Waals surface area contributed by atoms with Crippen molar-refractivity contribution in [3.8, 4) is 0 Å². The summed E-state index contributed by atoms with van der Waals surface area (Å²) in [6.45, 7) is 5.73. The number of anilines is 1. The average Bonchev–Trinajstić information content (AvgIpc) is 3.26. The predicted octanol–water partition coefficient (Wildman–Crippen LogP) is 2.44. The van der Waals surface area contributed by atoms with Crippen LogP contribution in [0.25, 0.3) is 0 Å². The van der Waals surface area contributed by atoms with Gasteiger partial charge < -0.3 is 15.1 Å². The van der Waals surface area contributed by atoms with E-state index < -0.39 is 0 Å². The van der Waals surface area contributed by atoms with Crippen LogP contribution in [0.2, 0.25) is 0 Å². The van der Waals surface area contributed by atoms with E-state index in [2.05, 4.69) is 17.1 Å². The zero-order chi connectivity index (χ0) is 17.2. The number of rotatable bonds is 2. The topological polar surface area (TPSA) is 61.4 Å². The number of carbonyl (C=O) groups is 1. The van der Waals surface area contributed by atoms with Crippen LogP contribution in [0.1, 0.15) is 55.5 Å². The van der Waals surface area contributed by atoms with Gasteiger partial charge in [-0.05, 0) is 44.6 Å². The molecule has 2 amide bonds. The lowest BCUT2D eigenvalue weighted by Gasteiger charge is -2.23. The summed E-state index contributed by atoms with van der Waals surface area (Å²) >= 11 is 0. The van der Waals surface area contributed by atoms with E-state index in [-0.39, 0.29) is 6.03 Å². The van der Waals surface area contributed by atoms with E-state index >= 15 is 0 Å². The molecule has 3 aliphatic rings. The smallest absolute Gasteiger partial charge is 0.317 e. The molecule has 0 unspecified atom stereocenters. The number of amides is 2. The lowest BCUT2D eigenvalue weighted by molar-refractivity contribution is 0.196. The SMILES string of the molecule is Cc1nc(N2CCCC2)nc2c1CCN(C(=O)NC1CCCC1)CC2. The van der Waals surface area contributed by atoms with Crippen LogP contribution in [0.3, 0.4) is 0 Å². The summed E-state index contributed by atoms with van der Waals surface area (Å²) in [5, 5.41) is 3.22. The van der Waals surface area contributed by atoms with Crippen molar-refractivity contribution in [2.75, 3.05) is 31.1 Å². The minimum absolute atomic E-state index is 0.102. The molecule has 6 nitrogen and oxygen atoms in total. The van der Waals surface area contributed by atoms with E-state index in [9.17, 15) is 4.79 Å². The Bertz CT molecular complexity index is 635. The first-order valence-electron chi connectivity index (χ1n) is 9.87. The van der Waals surface area contributed by atoms with Gasteiger partial charge in [-0.25, -0.2) is 14.8 Å². The molecule has 6 heteroatoms. The van der Waals surface area contributed by atoms with E-state index in [0.29, 0.717) is 6.04 Å². The summed E-state index contributed by atoms with van der Waals surface area (Å²) in [4.78, 5) is 26.5. The maximum atomic E-state index is 12.6. The van der Waals surface area contributed by atoms with Gasteiger partial charge in [0.1, 0.15) is 0 Å². The van der Waals surface area contributed by atoms with E-state index in [1.807, 2.05) is 4.90 Å². The maximum Gasteiger partial charge on any atom is 0.317 e. The van der Waals surface area contributed by atoms with Gasteiger partial charge in [-0.15, -0.1) is 0 Å². The molecular formula is C19H29N5O. The van der Waals surface area contributed by atoms with Crippen LogP contribution in [0.15, 0.2) is 0 Å². The Morgan fingerprint density at radius 3 is 2.48 bits per heavy atom. The van der Waals surface area contributed by atoms with Crippen LogP contribution in [0.4, 0.5) is 10.7 Å². The first-order valence-corrected chi connectivity index (χ1v) is 9.87. The molecule has 1 aromatic rings. The molecule has 1 aromatic heterocycles. The van der Waals surface area contributed by atoms with E-state index in [4.69, 9.17) is 9.97 Å². The molecule has 3 heterocycles. The van der Waals surface area contributed by atoms with Crippen LogP contribution in [-0.2, 0) is 12.8 Å². The molecule has 136 valence electrons. The second-order valence-corrected chi connectivity index (χ2v) is 7.65. The highest BCUT2D eigenvalue weighted by Crippen LogP contribution is 2.23. The highest BCUT2D eigenvalue weighted by Gasteiger charge is 2.25. The summed E-state index contributed by atoms with van der Waals surface area (Å²) in [6.07, 6.45) is 8.89. The quantitative estimate of drug-likeness (QED) is 0.896. The summed E-state index contributed by atoms with van der Waals surface area (Å²) < 4.78 is 0. The lowest BCUT2D eigenvalue weighted by atomic mass is 10.1. The number of urea groups is 1. The van der Waals surface area contributed by atoms with E-state index in [1.165, 1.54) is 31.2 Å². The monoisotopic (exact) mass is 343 g/mol. The van der Waals surface area contributed by atoms with Crippen LogP contribution in [0, 0.1) is 6.92 Å². The first-order chi connectivity index (χ1) is 12.2. The fourth-order valence-electron chi connectivity index (χ4n) is 4.37. The van der Waals surface area contributed by atoms with Crippen molar-refractivity contribution in [3.63, 3.8) is 0 Å². The third kappa shape index (κ3) is 3.58. The standard InChI is InChI=1S/C19H29N5O/c1-14-16-8-12-24(19(25)21-15-6-2-3-7-15)13-9-17(16)22-18(20-14)23-10-4-5-11-23/h15H,2-13H2,1H3,(H,21,25). The van der Waals surface area contributed by atoms with Gasteiger partial charge in [0.05, 0.1) is 5.69 Å². The summed E-state index contributed by atoms with van der Waals surface area (Å²) in [6, 6.07) is 0.478. The zero-order valence-electron chi connectivity index (χ0n) is 15.3. The molecule has 0 aromatic carbocycles. The Labute approximate surface area is 150 Å². The summed E-state index contributed by atoms with van der Waals surface area (Å²) in [7, 11) is 0. The number of nitrogens with one attached hydrogen (secondary N) is 1. The first kappa shape index (κ1) is 16.6. The highest BCUT2D eigenvalue weighted by atomic mass is 16.2. The molecule has 2 fully saturated rings. The molecule has 25 heavy (non-hydrogen) atoms. The second kappa shape index (κ2) is 7.18. The lowest BCUT2D eigenvalue weighted by Crippen LogP contribution is -2.45. The minimum Gasteiger partial charge on any atom is -0.341 e. The van der Waals surface area contributed by atoms with E-state index in [1.54, 1.807) is 0 Å². The number of hydrogen-bond donors (Lipinski definition) is 1. The van der Waals surface area contributed by atoms with Crippen molar-refractivity contribution in [1.29, 1.82) is 0 Å². The van der Waals surface area contributed by atoms with Gasteiger partial charge in [-0.3, -0.25) is 0 Å². The van der Waals surface area contributed by atoms with Crippen LogP contribution in [-0.4, -0.2) is 53.1 Å². The molecule has 2 aliphatic heterocycles. The van der Waals surface area contributed by atoms with Gasteiger partial charge in [-0.2, -0.15) is 0 Å². The second-order valence-electron chi connectivity index (χ2n) is 7.65. The third-order valence-electron chi connectivity index (χ3n) is 5.90. The summed E-state index contributed by atoms with van der Waals surface area (Å²) in [5.74, 6) is 0.887. The number of aryl methyl sites for hydroxylation is 1. The van der Waals surface area contributed by atoms with Crippen molar-refractivity contribution < 1.29 is 4.79 Å². The molecule has 0 spiro atoms. The van der Waals surface area contributed by atoms with Crippen molar-refractivity contribution in [2.45, 2.75) is 64.3 Å². The Balaban J connectivity index is 1.45. The number of fused-ring (bicyclic) bond motifs is 1. The normalized spacial score (nSPS) is 21.3. The molecule has 1 N–H and O–H groups in total. The van der Waals surface area contributed by atoms with Crippen molar-refractivity contribution in [2.24, 2.45) is 0 Å². The highest BCUT2D eigenvalue weighted by molar-refractivity contribution is 5.74. The van der Waals surface area contributed by atoms with Crippen molar-refractivity contribution >= 4 is 12.0 Å². The number of aromatic nitrogens is 2. The molecule has 1 saturated carbocycles. The molecule has 0 atom stereocenters. The predicted molar refractivity (Wildman–Crippen MR) is 98.0 cm³/mol. The Hall–Kier alpha value is -1.85. The van der Waals surface area contributed by atoms with Gasteiger partial charge in [0.25, 0.3) is 0 Å². The van der Waals surface area contributed by atoms with Crippen LogP contribution < -0.4 is 10.2 Å². The molecular weight excluding hydrogens is 314 g/mol. The zero-order valence-corrected chi connectivity index (χ0v) is 15.3. The molecule has 0 bridgehead atoms. The fourth-order valence-corrected chi connectivity index (χ4v) is 4.37. The Morgan fingerprint density at radius 1 is 1.00 bits per heavy atom. The third-order valence-corrected chi connectivity index (χ3v) is 5.90. The average molecular weight is 343 g/mol. The van der Waals surface area contributed by atoms with Crippen molar-refractivity contribution in [3.05, 3.63) is 17.0 Å². The molecule has 4 rings (SSSR count). The fraction of sp³-hybridized carbons (Fsp3) is 0.737. The van der Waals surface area contributed by atoms with Gasteiger partial charge in [0, 0.05) is 44.3 Å². The number of carbonyl (C=O) groups excluding carboxylic acids is 1. The maximum absolute atomic E-state index is 12.6. The van der Waals surface area contributed by atoms with Gasteiger partial charge in [0.15, 0.2) is 0 Å². The molecule has 0 radical (unpaired) electrons. The van der Waals surface area contributed by atoms with E-state index in [0.717, 1.165) is 69.2 Å². The Morgan fingerprint density at radius 2 is 1.72 bits per heavy atom. The molecule has 1 aliphatic carbocycles. The number of hydrogen-bond acceptors (Lipinski definition) is 4. The summed E-state index contributed by atoms with van der Waals surface area (Å²) in [5.41, 5.74) is 3.48. The van der Waals surface area contributed by atoms with Gasteiger partial charge in [0.2, 0.25) is 5.95 Å². The molecule has 1 saturated heterocycles. The Kier molecular flexibility index (Phi) is 4.77. The van der Waals surface area contributed by atoms with Gasteiger partial charge in [-0.1, -0.05) is 12.8 Å². The van der Waals surface area contributed by atoms with Crippen LogP contribution >= 0.6 is 0 Å². The van der Waals surface area contributed by atoms with Crippen LogP contribution in [0.5, 0.6) is 0 Å².